The zero-order valence-electron chi connectivity index (χ0n) is 6.71. The Bertz CT molecular complexity index is 33.0. The summed E-state index contributed by atoms with van der Waals surface area (Å²) in [6, 6.07) is 0. The number of rotatable bonds is 2. The fourth-order valence-corrected chi connectivity index (χ4v) is 0. The quantitative estimate of drug-likeness (QED) is 0.369. The van der Waals surface area contributed by atoms with Gasteiger partial charge in [0.25, 0.3) is 0 Å². The molecule has 10 N–H and O–H groups in total. The van der Waals surface area contributed by atoms with Crippen LogP contribution in [0.3, 0.4) is 0 Å². The molecule has 0 atom stereocenters. The monoisotopic (exact) mass is 266 g/mol. The minimum absolute atomic E-state index is 0. The Hall–Kier alpha value is 0.874. The molecule has 8 heteroatoms. The maximum Gasteiger partial charge on any atom is 2.00 e. The Morgan fingerprint density at radius 1 is 0.583 bits per heavy atom. The first kappa shape index (κ1) is 38.4. The van der Waals surface area contributed by atoms with Crippen LogP contribution in [0.1, 0.15) is 0 Å². The summed E-state index contributed by atoms with van der Waals surface area (Å²) in [6.07, 6.45) is 0. The SMILES string of the molecule is NCCN.NCCN.O.[Cl-].[Cl-].[Ni+2]. The van der Waals surface area contributed by atoms with Crippen molar-refractivity contribution in [2.45, 2.75) is 0 Å². The van der Waals surface area contributed by atoms with Crippen LogP contribution in [0.2, 0.25) is 0 Å². The van der Waals surface area contributed by atoms with Crippen LogP contribution in [-0.4, -0.2) is 31.7 Å². The van der Waals surface area contributed by atoms with Gasteiger partial charge in [-0.05, 0) is 0 Å². The Kier molecular flexibility index (Phi) is 189. The first-order valence-corrected chi connectivity index (χ1v) is 2.63. The van der Waals surface area contributed by atoms with Crippen LogP contribution in [0.15, 0.2) is 0 Å². The molecule has 0 radical (unpaired) electrons. The van der Waals surface area contributed by atoms with Crippen molar-refractivity contribution in [3.63, 3.8) is 0 Å². The Balaban J connectivity index is -0.0000000112. The number of halogens is 2. The Morgan fingerprint density at radius 3 is 0.667 bits per heavy atom. The molecule has 0 aromatic heterocycles. The third-order valence-electron chi connectivity index (χ3n) is 0.333. The zero-order chi connectivity index (χ0) is 6.83. The molecule has 0 unspecified atom stereocenters. The minimum atomic E-state index is 0. The zero-order valence-corrected chi connectivity index (χ0v) is 9.21. The van der Waals surface area contributed by atoms with Gasteiger partial charge in [0.1, 0.15) is 0 Å². The van der Waals surface area contributed by atoms with Crippen LogP contribution in [0.5, 0.6) is 0 Å². The van der Waals surface area contributed by atoms with Crippen LogP contribution in [0.25, 0.3) is 0 Å². The molecule has 0 heterocycles. The van der Waals surface area contributed by atoms with E-state index in [2.05, 4.69) is 0 Å². The molecule has 0 aliphatic carbocycles. The fraction of sp³-hybridized carbons (Fsp3) is 1.00. The van der Waals surface area contributed by atoms with E-state index in [9.17, 15) is 0 Å². The number of hydrogen-bond donors (Lipinski definition) is 4. The largest absolute Gasteiger partial charge is 2.00 e. The van der Waals surface area contributed by atoms with E-state index in [1.807, 2.05) is 0 Å². The molecule has 0 aromatic carbocycles. The van der Waals surface area contributed by atoms with E-state index in [1.165, 1.54) is 0 Å². The first-order valence-electron chi connectivity index (χ1n) is 2.63. The van der Waals surface area contributed by atoms with Gasteiger partial charge in [0.2, 0.25) is 0 Å². The Labute approximate surface area is 96.0 Å². The van der Waals surface area contributed by atoms with E-state index < -0.39 is 0 Å². The summed E-state index contributed by atoms with van der Waals surface area (Å²) in [5, 5.41) is 0. The third kappa shape index (κ3) is 128. The summed E-state index contributed by atoms with van der Waals surface area (Å²) in [6.45, 7) is 2.39. The van der Waals surface area contributed by atoms with Crippen molar-refractivity contribution < 1.29 is 46.8 Å². The summed E-state index contributed by atoms with van der Waals surface area (Å²) in [4.78, 5) is 0. The summed E-state index contributed by atoms with van der Waals surface area (Å²) in [5.74, 6) is 0. The maximum absolute atomic E-state index is 4.90. The van der Waals surface area contributed by atoms with Gasteiger partial charge in [0.15, 0.2) is 0 Å². The Morgan fingerprint density at radius 2 is 0.667 bits per heavy atom. The van der Waals surface area contributed by atoms with Gasteiger partial charge < -0.3 is 53.2 Å². The summed E-state index contributed by atoms with van der Waals surface area (Å²) in [5.41, 5.74) is 19.6. The molecule has 0 saturated carbocycles. The summed E-state index contributed by atoms with van der Waals surface area (Å²) < 4.78 is 0. The third-order valence-corrected chi connectivity index (χ3v) is 0.333. The van der Waals surface area contributed by atoms with Crippen molar-refractivity contribution in [3.8, 4) is 0 Å². The predicted octanol–water partition coefficient (Wildman–Crippen LogP) is -9.01. The van der Waals surface area contributed by atoms with Crippen molar-refractivity contribution in [2.75, 3.05) is 26.2 Å². The second-order valence-electron chi connectivity index (χ2n) is 1.15. The minimum Gasteiger partial charge on any atom is -1.00 e. The van der Waals surface area contributed by atoms with E-state index in [1.54, 1.807) is 0 Å². The van der Waals surface area contributed by atoms with Crippen LogP contribution in [0.4, 0.5) is 0 Å². The second kappa shape index (κ2) is 59.1. The molecule has 0 aliphatic heterocycles. The van der Waals surface area contributed by atoms with Gasteiger partial charge in [-0.25, -0.2) is 0 Å². The average molecular weight is 268 g/mol. The van der Waals surface area contributed by atoms with Crippen LogP contribution in [-0.2, 0) is 16.5 Å². The molecule has 0 spiro atoms. The molecule has 0 rings (SSSR count). The normalized spacial score (nSPS) is 5.00. The number of hydrogen-bond acceptors (Lipinski definition) is 4. The van der Waals surface area contributed by atoms with Gasteiger partial charge in [0.05, 0.1) is 0 Å². The van der Waals surface area contributed by atoms with Gasteiger partial charge in [0, 0.05) is 26.2 Å². The smallest absolute Gasteiger partial charge is 1.00 e. The molecule has 12 heavy (non-hydrogen) atoms. The van der Waals surface area contributed by atoms with E-state index in [0.29, 0.717) is 26.2 Å². The summed E-state index contributed by atoms with van der Waals surface area (Å²) >= 11 is 0. The molecule has 0 saturated heterocycles. The topological polar surface area (TPSA) is 136 Å². The van der Waals surface area contributed by atoms with Crippen molar-refractivity contribution in [2.24, 2.45) is 22.9 Å². The van der Waals surface area contributed by atoms with Crippen molar-refractivity contribution in [1.29, 1.82) is 0 Å². The predicted molar refractivity (Wildman–Crippen MR) is 39.8 cm³/mol. The van der Waals surface area contributed by atoms with Gasteiger partial charge in [-0.15, -0.1) is 0 Å². The first-order chi connectivity index (χ1) is 3.83. The second-order valence-corrected chi connectivity index (χ2v) is 1.15. The number of nitrogens with two attached hydrogens (primary N) is 4. The molecule has 0 amide bonds. The molecule has 0 aliphatic rings. The molecule has 0 bridgehead atoms. The van der Waals surface area contributed by atoms with Gasteiger partial charge in [-0.3, -0.25) is 0 Å². The van der Waals surface area contributed by atoms with E-state index >= 15 is 0 Å². The maximum atomic E-state index is 4.90. The molecular formula is C4H18Cl2N4NiO. The molecule has 0 aromatic rings. The van der Waals surface area contributed by atoms with E-state index in [4.69, 9.17) is 22.9 Å². The van der Waals surface area contributed by atoms with E-state index in [0.717, 1.165) is 0 Å². The molecule has 5 nitrogen and oxygen atoms in total. The van der Waals surface area contributed by atoms with Crippen molar-refractivity contribution >= 4 is 0 Å². The standard InChI is InChI=1S/2C2H8N2.2ClH.Ni.H2O/c2*3-1-2-4;;;;/h2*1-4H2;2*1H;;1H2/q;;;;+2;/p-2. The van der Waals surface area contributed by atoms with Gasteiger partial charge in [-0.1, -0.05) is 0 Å². The average Bonchev–Trinajstić information content (AvgIpc) is 1.88. The van der Waals surface area contributed by atoms with Gasteiger partial charge >= 0.3 is 16.5 Å². The van der Waals surface area contributed by atoms with Crippen molar-refractivity contribution in [1.82, 2.24) is 0 Å². The van der Waals surface area contributed by atoms with Crippen molar-refractivity contribution in [3.05, 3.63) is 0 Å². The molecule has 84 valence electrons. The van der Waals surface area contributed by atoms with Gasteiger partial charge in [-0.2, -0.15) is 0 Å². The summed E-state index contributed by atoms with van der Waals surface area (Å²) in [7, 11) is 0. The molecular weight excluding hydrogens is 250 g/mol. The van der Waals surface area contributed by atoms with Crippen LogP contribution in [0, 0.1) is 0 Å². The molecule has 0 fully saturated rings. The van der Waals surface area contributed by atoms with E-state index in [-0.39, 0.29) is 46.8 Å². The van der Waals surface area contributed by atoms with Crippen LogP contribution < -0.4 is 47.7 Å². The fourth-order valence-electron chi connectivity index (χ4n) is 0. The van der Waals surface area contributed by atoms with Crippen LogP contribution >= 0.6 is 0 Å².